The van der Waals surface area contributed by atoms with Gasteiger partial charge in [-0.15, -0.1) is 0 Å². The molecule has 14 heavy (non-hydrogen) atoms. The van der Waals surface area contributed by atoms with Crippen LogP contribution in [-0.2, 0) is 14.3 Å². The van der Waals surface area contributed by atoms with Gasteiger partial charge in [0.15, 0.2) is 0 Å². The normalized spacial score (nSPS) is 14.7. The van der Waals surface area contributed by atoms with Crippen molar-refractivity contribution < 1.29 is 14.3 Å². The van der Waals surface area contributed by atoms with Crippen LogP contribution in [-0.4, -0.2) is 31.1 Å². The maximum absolute atomic E-state index is 11.2. The van der Waals surface area contributed by atoms with E-state index in [1.807, 2.05) is 13.8 Å². The van der Waals surface area contributed by atoms with Crippen molar-refractivity contribution in [1.29, 1.82) is 0 Å². The molecule has 0 aliphatic carbocycles. The van der Waals surface area contributed by atoms with E-state index >= 15 is 0 Å². The van der Waals surface area contributed by atoms with Crippen molar-refractivity contribution in [1.82, 2.24) is 5.32 Å². The molecule has 0 aliphatic rings. The Hall–Kier alpha value is -1.10. The lowest BCUT2D eigenvalue weighted by molar-refractivity contribution is -0.146. The van der Waals surface area contributed by atoms with Crippen LogP contribution in [0.25, 0.3) is 0 Å². The summed E-state index contributed by atoms with van der Waals surface area (Å²) in [5.41, 5.74) is 5.36. The lowest BCUT2D eigenvalue weighted by Gasteiger charge is -2.20. The molecule has 0 saturated carbocycles. The third-order valence-electron chi connectivity index (χ3n) is 1.83. The van der Waals surface area contributed by atoms with Gasteiger partial charge in [0.25, 0.3) is 0 Å². The van der Waals surface area contributed by atoms with Gasteiger partial charge in [0, 0.05) is 0 Å². The molecule has 5 nitrogen and oxygen atoms in total. The summed E-state index contributed by atoms with van der Waals surface area (Å²) in [6, 6.07) is -1.25. The maximum Gasteiger partial charge on any atom is 0.328 e. The van der Waals surface area contributed by atoms with E-state index in [9.17, 15) is 9.59 Å². The third kappa shape index (κ3) is 3.74. The molecule has 0 spiro atoms. The van der Waals surface area contributed by atoms with E-state index in [0.29, 0.717) is 0 Å². The number of carbonyl (C=O) groups excluding carboxylic acids is 2. The lowest BCUT2D eigenvalue weighted by atomic mass is 10.0. The quantitative estimate of drug-likeness (QED) is 0.610. The average Bonchev–Trinajstić information content (AvgIpc) is 2.11. The fourth-order valence-electron chi connectivity index (χ4n) is 0.909. The highest BCUT2D eigenvalue weighted by atomic mass is 16.5. The molecule has 0 aromatic rings. The van der Waals surface area contributed by atoms with Crippen molar-refractivity contribution in [2.24, 2.45) is 11.7 Å². The molecule has 0 fully saturated rings. The summed E-state index contributed by atoms with van der Waals surface area (Å²) in [5.74, 6) is -0.826. The van der Waals surface area contributed by atoms with Crippen molar-refractivity contribution in [2.45, 2.75) is 32.9 Å². The van der Waals surface area contributed by atoms with Crippen molar-refractivity contribution in [2.75, 3.05) is 7.11 Å². The van der Waals surface area contributed by atoms with Crippen molar-refractivity contribution in [3.05, 3.63) is 0 Å². The molecule has 0 bridgehead atoms. The van der Waals surface area contributed by atoms with E-state index in [4.69, 9.17) is 5.73 Å². The standard InChI is InChI=1S/C9H18N2O3/c1-5(2)7(9(13)14-4)11-8(12)6(3)10/h5-7H,10H2,1-4H3,(H,11,12). The van der Waals surface area contributed by atoms with E-state index in [2.05, 4.69) is 10.1 Å². The number of nitrogens with two attached hydrogens (primary N) is 1. The Balaban J connectivity index is 4.38. The molecular formula is C9H18N2O3. The predicted molar refractivity (Wildman–Crippen MR) is 52.4 cm³/mol. The zero-order valence-corrected chi connectivity index (χ0v) is 9.03. The topological polar surface area (TPSA) is 81.4 Å². The Morgan fingerprint density at radius 2 is 1.79 bits per heavy atom. The Kier molecular flexibility index (Phi) is 5.15. The van der Waals surface area contributed by atoms with Gasteiger partial charge in [-0.05, 0) is 12.8 Å². The van der Waals surface area contributed by atoms with E-state index in [-0.39, 0.29) is 11.8 Å². The summed E-state index contributed by atoms with van der Waals surface area (Å²) < 4.78 is 4.56. The average molecular weight is 202 g/mol. The van der Waals surface area contributed by atoms with E-state index < -0.39 is 18.1 Å². The Morgan fingerprint density at radius 3 is 2.07 bits per heavy atom. The van der Waals surface area contributed by atoms with Crippen LogP contribution < -0.4 is 11.1 Å². The largest absolute Gasteiger partial charge is 0.467 e. The Labute approximate surface area is 84.0 Å². The van der Waals surface area contributed by atoms with Crippen LogP contribution in [0.1, 0.15) is 20.8 Å². The maximum atomic E-state index is 11.2. The van der Waals surface area contributed by atoms with Crippen molar-refractivity contribution in [3.63, 3.8) is 0 Å². The van der Waals surface area contributed by atoms with Gasteiger partial charge in [0.1, 0.15) is 6.04 Å². The van der Waals surface area contributed by atoms with Crippen LogP contribution in [0.3, 0.4) is 0 Å². The second-order valence-corrected chi connectivity index (χ2v) is 3.54. The Bertz CT molecular complexity index is 214. The van der Waals surface area contributed by atoms with Crippen LogP contribution in [0.4, 0.5) is 0 Å². The molecule has 0 rings (SSSR count). The smallest absolute Gasteiger partial charge is 0.328 e. The molecule has 0 heterocycles. The fraction of sp³-hybridized carbons (Fsp3) is 0.778. The van der Waals surface area contributed by atoms with Crippen molar-refractivity contribution >= 4 is 11.9 Å². The number of rotatable bonds is 4. The predicted octanol–water partition coefficient (Wildman–Crippen LogP) is -0.353. The first kappa shape index (κ1) is 12.9. The van der Waals surface area contributed by atoms with Crippen LogP contribution in [0, 0.1) is 5.92 Å². The second kappa shape index (κ2) is 5.59. The number of amides is 1. The number of esters is 1. The molecule has 0 radical (unpaired) electrons. The first-order valence-electron chi connectivity index (χ1n) is 4.54. The second-order valence-electron chi connectivity index (χ2n) is 3.54. The van der Waals surface area contributed by atoms with Gasteiger partial charge in [-0.3, -0.25) is 4.79 Å². The van der Waals surface area contributed by atoms with E-state index in [1.54, 1.807) is 6.92 Å². The highest BCUT2D eigenvalue weighted by Gasteiger charge is 2.25. The van der Waals surface area contributed by atoms with Gasteiger partial charge in [0.05, 0.1) is 13.2 Å². The SMILES string of the molecule is COC(=O)C(NC(=O)C(C)N)C(C)C. The van der Waals surface area contributed by atoms with Crippen molar-refractivity contribution in [3.8, 4) is 0 Å². The van der Waals surface area contributed by atoms with E-state index in [0.717, 1.165) is 0 Å². The molecule has 0 aliphatic heterocycles. The van der Waals surface area contributed by atoms with Gasteiger partial charge < -0.3 is 15.8 Å². The number of methoxy groups -OCH3 is 1. The monoisotopic (exact) mass is 202 g/mol. The summed E-state index contributed by atoms with van der Waals surface area (Å²) in [4.78, 5) is 22.5. The third-order valence-corrected chi connectivity index (χ3v) is 1.83. The number of carbonyl (C=O) groups is 2. The van der Waals surface area contributed by atoms with Crippen LogP contribution in [0.2, 0.25) is 0 Å². The summed E-state index contributed by atoms with van der Waals surface area (Å²) in [6.07, 6.45) is 0. The molecule has 0 aromatic carbocycles. The van der Waals surface area contributed by atoms with Gasteiger partial charge in [0.2, 0.25) is 5.91 Å². The molecule has 5 heteroatoms. The van der Waals surface area contributed by atoms with Gasteiger partial charge in [-0.1, -0.05) is 13.8 Å². The summed E-state index contributed by atoms with van der Waals surface area (Å²) >= 11 is 0. The number of ether oxygens (including phenoxy) is 1. The first-order valence-corrected chi connectivity index (χ1v) is 4.54. The summed E-state index contributed by atoms with van der Waals surface area (Å²) in [7, 11) is 1.29. The zero-order chi connectivity index (χ0) is 11.3. The minimum absolute atomic E-state index is 0.0230. The number of hydrogen-bond donors (Lipinski definition) is 2. The highest BCUT2D eigenvalue weighted by molar-refractivity contribution is 5.87. The summed E-state index contributed by atoms with van der Waals surface area (Å²) in [6.45, 7) is 5.20. The van der Waals surface area contributed by atoms with E-state index in [1.165, 1.54) is 7.11 Å². The van der Waals surface area contributed by atoms with Gasteiger partial charge in [-0.2, -0.15) is 0 Å². The molecule has 82 valence electrons. The van der Waals surface area contributed by atoms with Crippen LogP contribution in [0.5, 0.6) is 0 Å². The van der Waals surface area contributed by atoms with Gasteiger partial charge >= 0.3 is 5.97 Å². The number of nitrogens with one attached hydrogen (secondary N) is 1. The van der Waals surface area contributed by atoms with Gasteiger partial charge in [-0.25, -0.2) is 4.79 Å². The molecule has 2 unspecified atom stereocenters. The molecule has 0 saturated heterocycles. The highest BCUT2D eigenvalue weighted by Crippen LogP contribution is 2.03. The fourth-order valence-corrected chi connectivity index (χ4v) is 0.909. The lowest BCUT2D eigenvalue weighted by Crippen LogP contribution is -2.50. The molecular weight excluding hydrogens is 184 g/mol. The molecule has 0 aromatic heterocycles. The van der Waals surface area contributed by atoms with Crippen LogP contribution >= 0.6 is 0 Å². The molecule has 1 amide bonds. The molecule has 2 atom stereocenters. The summed E-state index contributed by atoms with van der Waals surface area (Å²) in [5, 5.41) is 2.53. The zero-order valence-electron chi connectivity index (χ0n) is 9.03. The minimum atomic E-state index is -0.626. The Morgan fingerprint density at radius 1 is 1.29 bits per heavy atom. The first-order chi connectivity index (χ1) is 6.40. The van der Waals surface area contributed by atoms with Crippen LogP contribution in [0.15, 0.2) is 0 Å². The minimum Gasteiger partial charge on any atom is -0.467 e. The molecule has 3 N–H and O–H groups in total. The number of hydrogen-bond acceptors (Lipinski definition) is 4.